The molecule has 0 aromatic rings. The highest BCUT2D eigenvalue weighted by Crippen LogP contribution is 2.60. The molecule has 0 saturated heterocycles. The largest absolute Gasteiger partial charge is 0.461 e. The smallest absolute Gasteiger partial charge is 0.460 e. The minimum atomic E-state index is -8.19. The topological polar surface area (TPSA) is 105 Å². The number of esters is 4. The number of hydrogen-bond donors (Lipinski definition) is 0. The van der Waals surface area contributed by atoms with Gasteiger partial charge in [-0.3, -0.25) is 4.79 Å². The Morgan fingerprint density at radius 1 is 0.574 bits per heavy atom. The second-order valence-electron chi connectivity index (χ2n) is 10.4. The monoisotopic (exact) mass is 714 g/mol. The molecular formula is C26H27F13O8. The van der Waals surface area contributed by atoms with E-state index in [0.717, 1.165) is 27.7 Å². The van der Waals surface area contributed by atoms with E-state index in [1.807, 2.05) is 0 Å². The van der Waals surface area contributed by atoms with Crippen LogP contribution in [0.2, 0.25) is 0 Å². The summed E-state index contributed by atoms with van der Waals surface area (Å²) in [7, 11) is 0. The lowest BCUT2D eigenvalue weighted by atomic mass is 9.91. The summed E-state index contributed by atoms with van der Waals surface area (Å²) in [5.74, 6) is -44.7. The molecule has 0 rings (SSSR count). The van der Waals surface area contributed by atoms with Crippen molar-refractivity contribution in [3.8, 4) is 0 Å². The predicted molar refractivity (Wildman–Crippen MR) is 131 cm³/mol. The van der Waals surface area contributed by atoms with Gasteiger partial charge in [-0.1, -0.05) is 19.7 Å². The van der Waals surface area contributed by atoms with E-state index in [9.17, 15) is 76.3 Å². The van der Waals surface area contributed by atoms with Crippen molar-refractivity contribution in [2.24, 2.45) is 5.41 Å². The van der Waals surface area contributed by atoms with Gasteiger partial charge < -0.3 is 18.9 Å². The Bertz CT molecular complexity index is 1230. The van der Waals surface area contributed by atoms with Crippen LogP contribution in [0.15, 0.2) is 36.5 Å². The van der Waals surface area contributed by atoms with Crippen LogP contribution in [-0.4, -0.2) is 85.6 Å². The zero-order valence-electron chi connectivity index (χ0n) is 24.7. The van der Waals surface area contributed by atoms with Crippen molar-refractivity contribution in [2.75, 3.05) is 19.8 Å². The van der Waals surface area contributed by atoms with Gasteiger partial charge in [-0.15, -0.1) is 0 Å². The van der Waals surface area contributed by atoms with Crippen LogP contribution >= 0.6 is 0 Å². The molecule has 0 aliphatic rings. The molecule has 0 aromatic carbocycles. The molecule has 1 atom stereocenters. The summed E-state index contributed by atoms with van der Waals surface area (Å²) >= 11 is 0. The van der Waals surface area contributed by atoms with E-state index in [-0.39, 0.29) is 11.1 Å². The Morgan fingerprint density at radius 3 is 1.26 bits per heavy atom. The Hall–Kier alpha value is -3.81. The highest BCUT2D eigenvalue weighted by molar-refractivity contribution is 5.88. The van der Waals surface area contributed by atoms with E-state index in [4.69, 9.17) is 9.47 Å². The van der Waals surface area contributed by atoms with E-state index in [2.05, 4.69) is 29.2 Å². The first-order chi connectivity index (χ1) is 20.7. The van der Waals surface area contributed by atoms with Crippen LogP contribution in [0.4, 0.5) is 57.1 Å². The maximum Gasteiger partial charge on any atom is 0.460 e. The number of alkyl halides is 13. The average Bonchev–Trinajstić information content (AvgIpc) is 2.91. The second kappa shape index (κ2) is 14.5. The summed E-state index contributed by atoms with van der Waals surface area (Å²) in [5.41, 5.74) is -3.62. The van der Waals surface area contributed by atoms with Gasteiger partial charge in [0.25, 0.3) is 0 Å². The lowest BCUT2D eigenvalue weighted by molar-refractivity contribution is -0.440. The Balaban J connectivity index is 6.79. The third kappa shape index (κ3) is 9.39. The van der Waals surface area contributed by atoms with Crippen LogP contribution in [0.3, 0.4) is 0 Å². The van der Waals surface area contributed by atoms with Gasteiger partial charge in [-0.25, -0.2) is 14.4 Å². The Morgan fingerprint density at radius 2 is 0.915 bits per heavy atom. The van der Waals surface area contributed by atoms with E-state index in [1.54, 1.807) is 0 Å². The molecule has 0 aliphatic heterocycles. The molecule has 8 nitrogen and oxygen atoms in total. The highest BCUT2D eigenvalue weighted by Gasteiger charge is 2.90. The second-order valence-corrected chi connectivity index (χ2v) is 10.4. The van der Waals surface area contributed by atoms with E-state index < -0.39 is 103 Å². The highest BCUT2D eigenvalue weighted by atomic mass is 19.4. The van der Waals surface area contributed by atoms with Gasteiger partial charge in [0.05, 0.1) is 6.42 Å². The van der Waals surface area contributed by atoms with Crippen molar-refractivity contribution < 1.29 is 95.2 Å². The first-order valence-electron chi connectivity index (χ1n) is 12.4. The lowest BCUT2D eigenvalue weighted by Crippen LogP contribution is -2.70. The minimum absolute atomic E-state index is 0.292. The minimum Gasteiger partial charge on any atom is -0.461 e. The maximum atomic E-state index is 14.7. The van der Waals surface area contributed by atoms with Crippen LogP contribution in [0.1, 0.15) is 34.1 Å². The zero-order valence-corrected chi connectivity index (χ0v) is 24.7. The van der Waals surface area contributed by atoms with Gasteiger partial charge in [0.15, 0.2) is 0 Å². The molecule has 0 fully saturated rings. The van der Waals surface area contributed by atoms with Gasteiger partial charge in [-0.05, 0) is 27.7 Å². The summed E-state index contributed by atoms with van der Waals surface area (Å²) < 4.78 is 195. The molecular weight excluding hydrogens is 687 g/mol. The molecule has 0 amide bonds. The number of ether oxygens (including phenoxy) is 4. The number of hydrogen-bond acceptors (Lipinski definition) is 8. The molecule has 1 unspecified atom stereocenters. The zero-order chi connectivity index (χ0) is 37.8. The van der Waals surface area contributed by atoms with Gasteiger partial charge in [0, 0.05) is 16.7 Å². The van der Waals surface area contributed by atoms with Crippen LogP contribution in [0.5, 0.6) is 0 Å². The molecule has 0 bridgehead atoms. The SMILES string of the molecule is C=C(C)C(=O)OCC(CC(F)(F)C(F)(F)C(F)(F)C(F)(F)C(F)(F)C(F)(F)F)OC(=O)C(C)(COC(=O)C(=C)C)COC(=O)C(=C)C. The number of rotatable bonds is 17. The number of halogens is 13. The first kappa shape index (κ1) is 43.2. The summed E-state index contributed by atoms with van der Waals surface area (Å²) in [6.07, 6.45) is -13.8. The number of carbonyl (C=O) groups excluding carboxylic acids is 4. The lowest BCUT2D eigenvalue weighted by Gasteiger charge is -2.40. The van der Waals surface area contributed by atoms with E-state index in [1.165, 1.54) is 0 Å². The number of carbonyl (C=O) groups is 4. The van der Waals surface area contributed by atoms with Crippen molar-refractivity contribution in [2.45, 2.75) is 76.0 Å². The molecule has 0 radical (unpaired) electrons. The van der Waals surface area contributed by atoms with Crippen molar-refractivity contribution in [3.05, 3.63) is 36.5 Å². The van der Waals surface area contributed by atoms with Crippen molar-refractivity contribution in [1.29, 1.82) is 0 Å². The van der Waals surface area contributed by atoms with Crippen LogP contribution < -0.4 is 0 Å². The fourth-order valence-corrected chi connectivity index (χ4v) is 2.79. The molecule has 0 aromatic heterocycles. The van der Waals surface area contributed by atoms with Crippen LogP contribution in [0, 0.1) is 5.41 Å². The third-order valence-corrected chi connectivity index (χ3v) is 5.74. The van der Waals surface area contributed by atoms with Gasteiger partial charge in [-0.2, -0.15) is 57.1 Å². The first-order valence-corrected chi connectivity index (χ1v) is 12.4. The molecule has 0 heterocycles. The Kier molecular flexibility index (Phi) is 13.4. The molecule has 0 N–H and O–H groups in total. The van der Waals surface area contributed by atoms with Gasteiger partial charge >= 0.3 is 59.7 Å². The summed E-state index contributed by atoms with van der Waals surface area (Å²) in [4.78, 5) is 48.4. The fourth-order valence-electron chi connectivity index (χ4n) is 2.79. The van der Waals surface area contributed by atoms with Crippen LogP contribution in [0.25, 0.3) is 0 Å². The molecule has 270 valence electrons. The molecule has 0 aliphatic carbocycles. The summed E-state index contributed by atoms with van der Waals surface area (Å²) in [5, 5.41) is 0. The predicted octanol–water partition coefficient (Wildman–Crippen LogP) is 6.39. The van der Waals surface area contributed by atoms with Gasteiger partial charge in [0.1, 0.15) is 31.3 Å². The van der Waals surface area contributed by atoms with E-state index in [0.29, 0.717) is 0 Å². The molecule has 21 heteroatoms. The molecule has 0 spiro atoms. The standard InChI is InChI=1S/C26H27F13O8/c1-12(2)16(40)44-9-15(47-19(43)20(7,10-45-17(41)13(3)4)11-46-18(42)14(5)6)8-21(27,28)22(29,30)23(31,32)24(33,34)25(35,36)26(37,38)39/h15H,1,3,5,8-11H2,2,4,6-7H3. The maximum absolute atomic E-state index is 14.7. The fraction of sp³-hybridized carbons (Fsp3) is 0.615. The average molecular weight is 714 g/mol. The summed E-state index contributed by atoms with van der Waals surface area (Å²) in [6, 6.07) is 0. The normalized spacial score (nSPS) is 14.1. The van der Waals surface area contributed by atoms with Crippen molar-refractivity contribution in [1.82, 2.24) is 0 Å². The molecule has 0 saturated carbocycles. The van der Waals surface area contributed by atoms with E-state index >= 15 is 0 Å². The quantitative estimate of drug-likeness (QED) is 0.0739. The van der Waals surface area contributed by atoms with Crippen molar-refractivity contribution >= 4 is 23.9 Å². The Labute approximate surface area is 257 Å². The summed E-state index contributed by atoms with van der Waals surface area (Å²) in [6.45, 7) is 9.21. The molecule has 47 heavy (non-hydrogen) atoms. The van der Waals surface area contributed by atoms with Gasteiger partial charge in [0.2, 0.25) is 0 Å². The van der Waals surface area contributed by atoms with Crippen LogP contribution in [-0.2, 0) is 38.1 Å². The third-order valence-electron chi connectivity index (χ3n) is 5.74. The van der Waals surface area contributed by atoms with Crippen molar-refractivity contribution in [3.63, 3.8) is 0 Å².